The first-order valence-corrected chi connectivity index (χ1v) is 8.81. The summed E-state index contributed by atoms with van der Waals surface area (Å²) in [5, 5.41) is 2.96. The van der Waals surface area contributed by atoms with Gasteiger partial charge in [0, 0.05) is 22.0 Å². The van der Waals surface area contributed by atoms with Crippen molar-refractivity contribution in [3.63, 3.8) is 0 Å². The fraction of sp³-hybridized carbons (Fsp3) is 0.231. The van der Waals surface area contributed by atoms with Crippen LogP contribution in [0.25, 0.3) is 10.9 Å². The third-order valence-corrected chi connectivity index (χ3v) is 4.67. The van der Waals surface area contributed by atoms with E-state index in [1.165, 1.54) is 18.2 Å². The lowest BCUT2D eigenvalue weighted by molar-refractivity contribution is 0.0558. The number of aromatic nitrogens is 1. The predicted molar refractivity (Wildman–Crippen MR) is 83.4 cm³/mol. The van der Waals surface area contributed by atoms with Crippen molar-refractivity contribution in [1.29, 1.82) is 0 Å². The SMILES string of the molecule is CCNC(=O)c1ccc2cc(Br)c(C(F)(F)P(=O)(O)O)cc2n1. The third-order valence-electron chi connectivity index (χ3n) is 3.04. The van der Waals surface area contributed by atoms with Gasteiger partial charge in [-0.25, -0.2) is 4.98 Å². The molecule has 1 aromatic carbocycles. The van der Waals surface area contributed by atoms with Gasteiger partial charge in [-0.3, -0.25) is 9.36 Å². The van der Waals surface area contributed by atoms with Gasteiger partial charge in [0.15, 0.2) is 0 Å². The molecule has 2 aromatic rings. The summed E-state index contributed by atoms with van der Waals surface area (Å²) < 4.78 is 38.7. The zero-order valence-corrected chi connectivity index (χ0v) is 14.2. The summed E-state index contributed by atoms with van der Waals surface area (Å²) in [5.74, 6) is -0.472. The second kappa shape index (κ2) is 6.24. The topological polar surface area (TPSA) is 99.5 Å². The van der Waals surface area contributed by atoms with Gasteiger partial charge in [0.2, 0.25) is 0 Å². The van der Waals surface area contributed by atoms with Crippen molar-refractivity contribution in [1.82, 2.24) is 10.3 Å². The number of fused-ring (bicyclic) bond motifs is 1. The second-order valence-electron chi connectivity index (χ2n) is 4.67. The predicted octanol–water partition coefficient (Wildman–Crippen LogP) is 2.97. The van der Waals surface area contributed by atoms with Gasteiger partial charge in [-0.15, -0.1) is 0 Å². The average Bonchev–Trinajstić information content (AvgIpc) is 2.45. The minimum atomic E-state index is -5.71. The number of hydrogen-bond donors (Lipinski definition) is 3. The van der Waals surface area contributed by atoms with Crippen molar-refractivity contribution < 1.29 is 27.9 Å². The smallest absolute Gasteiger partial charge is 0.351 e. The van der Waals surface area contributed by atoms with Crippen molar-refractivity contribution in [2.45, 2.75) is 12.6 Å². The van der Waals surface area contributed by atoms with E-state index in [-0.39, 0.29) is 15.7 Å². The van der Waals surface area contributed by atoms with Crippen LogP contribution in [0.1, 0.15) is 23.0 Å². The largest absolute Gasteiger partial charge is 0.399 e. The molecule has 23 heavy (non-hydrogen) atoms. The Morgan fingerprint density at radius 2 is 2.04 bits per heavy atom. The fourth-order valence-corrected chi connectivity index (χ4v) is 3.17. The van der Waals surface area contributed by atoms with Crippen LogP contribution in [0.2, 0.25) is 0 Å². The Balaban J connectivity index is 2.63. The lowest BCUT2D eigenvalue weighted by Crippen LogP contribution is -2.23. The van der Waals surface area contributed by atoms with E-state index in [1.54, 1.807) is 6.92 Å². The molecule has 2 rings (SSSR count). The van der Waals surface area contributed by atoms with Gasteiger partial charge in [-0.05, 0) is 25.1 Å². The maximum atomic E-state index is 13.9. The Kier molecular flexibility index (Phi) is 4.86. The highest BCUT2D eigenvalue weighted by molar-refractivity contribution is 9.10. The van der Waals surface area contributed by atoms with E-state index in [9.17, 15) is 18.1 Å². The van der Waals surface area contributed by atoms with Crippen LogP contribution in [0, 0.1) is 0 Å². The number of carbonyl (C=O) groups is 1. The van der Waals surface area contributed by atoms with Crippen molar-refractivity contribution in [3.05, 3.63) is 40.0 Å². The molecule has 0 saturated carbocycles. The van der Waals surface area contributed by atoms with Crippen LogP contribution in [0.4, 0.5) is 8.78 Å². The summed E-state index contributed by atoms with van der Waals surface area (Å²) in [7, 11) is -5.71. The minimum absolute atomic E-state index is 0.0205. The van der Waals surface area contributed by atoms with Crippen LogP contribution in [0.3, 0.4) is 0 Å². The number of hydrogen-bond acceptors (Lipinski definition) is 3. The molecule has 0 radical (unpaired) electrons. The molecule has 1 heterocycles. The molecule has 124 valence electrons. The van der Waals surface area contributed by atoms with Gasteiger partial charge < -0.3 is 15.1 Å². The average molecular weight is 409 g/mol. The first kappa shape index (κ1) is 17.9. The molecule has 0 unspecified atom stereocenters. The van der Waals surface area contributed by atoms with Crippen LogP contribution in [-0.4, -0.2) is 27.2 Å². The van der Waals surface area contributed by atoms with Crippen molar-refractivity contribution in [2.75, 3.05) is 6.54 Å². The van der Waals surface area contributed by atoms with Crippen LogP contribution in [-0.2, 0) is 10.2 Å². The Morgan fingerprint density at radius 1 is 1.39 bits per heavy atom. The van der Waals surface area contributed by atoms with Gasteiger partial charge in [0.1, 0.15) is 5.69 Å². The lowest BCUT2D eigenvalue weighted by Gasteiger charge is -2.19. The number of pyridine rings is 1. The van der Waals surface area contributed by atoms with E-state index in [4.69, 9.17) is 9.79 Å². The molecular formula is C13H12BrF2N2O4P. The van der Waals surface area contributed by atoms with E-state index >= 15 is 0 Å². The normalized spacial score (nSPS) is 12.4. The van der Waals surface area contributed by atoms with Gasteiger partial charge in [-0.2, -0.15) is 8.78 Å². The van der Waals surface area contributed by atoms with Gasteiger partial charge in [-0.1, -0.05) is 22.0 Å². The lowest BCUT2D eigenvalue weighted by atomic mass is 10.1. The van der Waals surface area contributed by atoms with Crippen LogP contribution in [0.15, 0.2) is 28.7 Å². The molecule has 0 aliphatic heterocycles. The number of halogens is 3. The summed E-state index contributed by atoms with van der Waals surface area (Å²) >= 11 is 2.89. The molecule has 3 N–H and O–H groups in total. The van der Waals surface area contributed by atoms with Crippen LogP contribution >= 0.6 is 23.5 Å². The number of rotatable bonds is 4. The van der Waals surface area contributed by atoms with E-state index in [2.05, 4.69) is 26.2 Å². The number of benzene rings is 1. The molecule has 10 heteroatoms. The summed E-state index contributed by atoms with van der Waals surface area (Å²) in [6, 6.07) is 5.07. The summed E-state index contributed by atoms with van der Waals surface area (Å²) in [4.78, 5) is 33.4. The molecule has 1 aromatic heterocycles. The fourth-order valence-electron chi connectivity index (χ4n) is 1.91. The molecule has 0 bridgehead atoms. The highest BCUT2D eigenvalue weighted by atomic mass is 79.9. The number of alkyl halides is 2. The molecular weight excluding hydrogens is 397 g/mol. The molecule has 0 saturated heterocycles. The van der Waals surface area contributed by atoms with E-state index < -0.39 is 24.7 Å². The molecule has 6 nitrogen and oxygen atoms in total. The molecule has 0 fully saturated rings. The van der Waals surface area contributed by atoms with Gasteiger partial charge >= 0.3 is 13.3 Å². The summed E-state index contributed by atoms with van der Waals surface area (Å²) in [6.07, 6.45) is 0. The quantitative estimate of drug-likeness (QED) is 0.675. The molecule has 0 aliphatic carbocycles. The van der Waals surface area contributed by atoms with Crippen LogP contribution in [0.5, 0.6) is 0 Å². The van der Waals surface area contributed by atoms with E-state index in [0.29, 0.717) is 11.9 Å². The van der Waals surface area contributed by atoms with E-state index in [1.807, 2.05) is 0 Å². The highest BCUT2D eigenvalue weighted by Crippen LogP contribution is 2.60. The monoisotopic (exact) mass is 408 g/mol. The molecule has 1 amide bonds. The zero-order chi connectivity index (χ0) is 17.4. The van der Waals surface area contributed by atoms with Crippen LogP contribution < -0.4 is 5.32 Å². The maximum absolute atomic E-state index is 13.9. The highest BCUT2D eigenvalue weighted by Gasteiger charge is 2.51. The Morgan fingerprint density at radius 3 is 2.61 bits per heavy atom. The first-order valence-electron chi connectivity index (χ1n) is 6.40. The number of amides is 1. The van der Waals surface area contributed by atoms with Crippen molar-refractivity contribution >= 4 is 40.3 Å². The summed E-state index contributed by atoms with van der Waals surface area (Å²) in [6.45, 7) is 2.09. The number of carbonyl (C=O) groups excluding carboxylic acids is 1. The number of nitrogens with one attached hydrogen (secondary N) is 1. The molecule has 0 spiro atoms. The maximum Gasteiger partial charge on any atom is 0.399 e. The molecule has 0 atom stereocenters. The van der Waals surface area contributed by atoms with Gasteiger partial charge in [0.05, 0.1) is 5.52 Å². The zero-order valence-electron chi connectivity index (χ0n) is 11.8. The Labute approximate surface area is 138 Å². The second-order valence-corrected chi connectivity index (χ2v) is 7.17. The standard InChI is InChI=1S/C13H12BrF2N2O4P/c1-2-17-12(19)10-4-3-7-5-9(14)8(6-11(7)18-10)13(15,16)23(20,21)22/h3-6H,2H2,1H3,(H,17,19)(H2,20,21,22). The third kappa shape index (κ3) is 3.42. The Bertz CT molecular complexity index is 825. The van der Waals surface area contributed by atoms with Crippen molar-refractivity contribution in [2.24, 2.45) is 0 Å². The molecule has 0 aliphatic rings. The first-order chi connectivity index (χ1) is 10.6. The summed E-state index contributed by atoms with van der Waals surface area (Å²) in [5.41, 5.74) is -5.21. The van der Waals surface area contributed by atoms with Gasteiger partial charge in [0.25, 0.3) is 5.91 Å². The minimum Gasteiger partial charge on any atom is -0.351 e. The number of nitrogens with zero attached hydrogens (tertiary/aromatic N) is 1. The van der Waals surface area contributed by atoms with Crippen molar-refractivity contribution in [3.8, 4) is 0 Å². The Hall–Kier alpha value is -1.41. The van der Waals surface area contributed by atoms with E-state index in [0.717, 1.165) is 6.07 Å².